The second kappa shape index (κ2) is 3.90. The maximum Gasteiger partial charge on any atom is 0.191 e. The lowest BCUT2D eigenvalue weighted by molar-refractivity contribution is 0.534. The van der Waals surface area contributed by atoms with Crippen molar-refractivity contribution in [1.82, 2.24) is 14.8 Å². The van der Waals surface area contributed by atoms with E-state index >= 15 is 0 Å². The van der Waals surface area contributed by atoms with Crippen LogP contribution in [0, 0.1) is 6.92 Å². The van der Waals surface area contributed by atoms with Gasteiger partial charge in [-0.05, 0) is 30.3 Å². The number of benzene rings is 1. The van der Waals surface area contributed by atoms with Gasteiger partial charge >= 0.3 is 0 Å². The van der Waals surface area contributed by atoms with E-state index < -0.39 is 0 Å². The van der Waals surface area contributed by atoms with Gasteiger partial charge in [-0.15, -0.1) is 0 Å². The van der Waals surface area contributed by atoms with Crippen LogP contribution in [0.15, 0.2) is 53.3 Å². The molecular formula is C13H11N3O. The maximum atomic E-state index is 5.47. The highest BCUT2D eigenvalue weighted by Crippen LogP contribution is 2.21. The van der Waals surface area contributed by atoms with Crippen molar-refractivity contribution < 1.29 is 4.42 Å². The SMILES string of the molecule is Cc1ncc(-c2ccc(-n3cccn3)cc2)o1. The molecule has 0 aliphatic heterocycles. The van der Waals surface area contributed by atoms with Crippen molar-refractivity contribution >= 4 is 0 Å². The van der Waals surface area contributed by atoms with Gasteiger partial charge < -0.3 is 4.42 Å². The molecule has 0 aliphatic rings. The van der Waals surface area contributed by atoms with Gasteiger partial charge in [0.15, 0.2) is 11.7 Å². The van der Waals surface area contributed by atoms with E-state index in [1.807, 2.05) is 48.1 Å². The summed E-state index contributed by atoms with van der Waals surface area (Å²) in [6.07, 6.45) is 5.40. The molecule has 0 atom stereocenters. The molecule has 3 rings (SSSR count). The molecule has 17 heavy (non-hydrogen) atoms. The number of hydrogen-bond donors (Lipinski definition) is 0. The van der Waals surface area contributed by atoms with Crippen molar-refractivity contribution in [2.24, 2.45) is 0 Å². The molecule has 0 bridgehead atoms. The number of hydrogen-bond acceptors (Lipinski definition) is 3. The fourth-order valence-corrected chi connectivity index (χ4v) is 1.69. The maximum absolute atomic E-state index is 5.47. The summed E-state index contributed by atoms with van der Waals surface area (Å²) < 4.78 is 7.28. The summed E-state index contributed by atoms with van der Waals surface area (Å²) in [5.74, 6) is 1.46. The molecule has 4 nitrogen and oxygen atoms in total. The van der Waals surface area contributed by atoms with Gasteiger partial charge in [-0.3, -0.25) is 0 Å². The van der Waals surface area contributed by atoms with Gasteiger partial charge in [-0.25, -0.2) is 9.67 Å². The van der Waals surface area contributed by atoms with E-state index in [1.54, 1.807) is 12.4 Å². The average molecular weight is 225 g/mol. The van der Waals surface area contributed by atoms with E-state index in [-0.39, 0.29) is 0 Å². The van der Waals surface area contributed by atoms with Crippen LogP contribution in [-0.4, -0.2) is 14.8 Å². The Kier molecular flexibility index (Phi) is 2.26. The van der Waals surface area contributed by atoms with Gasteiger partial charge in [0, 0.05) is 24.9 Å². The van der Waals surface area contributed by atoms with E-state index in [2.05, 4.69) is 10.1 Å². The van der Waals surface area contributed by atoms with E-state index in [0.717, 1.165) is 17.0 Å². The Hall–Kier alpha value is -2.36. The molecule has 0 N–H and O–H groups in total. The zero-order valence-electron chi connectivity index (χ0n) is 9.37. The number of nitrogens with zero attached hydrogens (tertiary/aromatic N) is 3. The highest BCUT2D eigenvalue weighted by molar-refractivity contribution is 5.58. The molecule has 84 valence electrons. The first-order valence-electron chi connectivity index (χ1n) is 5.36. The number of oxazole rings is 1. The molecule has 1 aromatic carbocycles. The highest BCUT2D eigenvalue weighted by atomic mass is 16.4. The molecule has 0 saturated heterocycles. The molecule has 0 aliphatic carbocycles. The van der Waals surface area contributed by atoms with Gasteiger partial charge in [-0.1, -0.05) is 0 Å². The Balaban J connectivity index is 1.95. The largest absolute Gasteiger partial charge is 0.441 e. The summed E-state index contributed by atoms with van der Waals surface area (Å²) >= 11 is 0. The zero-order valence-corrected chi connectivity index (χ0v) is 9.37. The first-order chi connectivity index (χ1) is 8.33. The monoisotopic (exact) mass is 225 g/mol. The molecule has 2 aromatic heterocycles. The standard InChI is InChI=1S/C13H11N3O/c1-10-14-9-13(17-10)11-3-5-12(6-4-11)16-8-2-7-15-16/h2-9H,1H3. The molecule has 0 saturated carbocycles. The highest BCUT2D eigenvalue weighted by Gasteiger charge is 2.03. The van der Waals surface area contributed by atoms with Crippen LogP contribution in [0.3, 0.4) is 0 Å². The molecule has 0 amide bonds. The minimum absolute atomic E-state index is 0.677. The van der Waals surface area contributed by atoms with Gasteiger partial charge in [0.05, 0.1) is 11.9 Å². The first-order valence-corrected chi connectivity index (χ1v) is 5.36. The molecule has 0 radical (unpaired) electrons. The van der Waals surface area contributed by atoms with Gasteiger partial charge in [0.25, 0.3) is 0 Å². The van der Waals surface area contributed by atoms with Crippen LogP contribution in [0.5, 0.6) is 0 Å². The third-order valence-corrected chi connectivity index (χ3v) is 2.54. The topological polar surface area (TPSA) is 43.9 Å². The van der Waals surface area contributed by atoms with Crippen LogP contribution in [0.4, 0.5) is 0 Å². The normalized spacial score (nSPS) is 10.6. The van der Waals surface area contributed by atoms with Crippen molar-refractivity contribution in [1.29, 1.82) is 0 Å². The average Bonchev–Trinajstić information content (AvgIpc) is 3.00. The fraction of sp³-hybridized carbons (Fsp3) is 0.0769. The van der Waals surface area contributed by atoms with Crippen molar-refractivity contribution in [3.8, 4) is 17.0 Å². The van der Waals surface area contributed by atoms with Crippen LogP contribution in [0.1, 0.15) is 5.89 Å². The summed E-state index contributed by atoms with van der Waals surface area (Å²) in [5.41, 5.74) is 2.04. The lowest BCUT2D eigenvalue weighted by atomic mass is 10.2. The van der Waals surface area contributed by atoms with Crippen LogP contribution >= 0.6 is 0 Å². The van der Waals surface area contributed by atoms with Crippen LogP contribution in [0.2, 0.25) is 0 Å². The minimum Gasteiger partial charge on any atom is -0.441 e. The molecule has 3 aromatic rings. The summed E-state index contributed by atoms with van der Waals surface area (Å²) in [5, 5.41) is 4.17. The quantitative estimate of drug-likeness (QED) is 0.673. The van der Waals surface area contributed by atoms with Crippen LogP contribution in [-0.2, 0) is 0 Å². The lowest BCUT2D eigenvalue weighted by Crippen LogP contribution is -1.93. The van der Waals surface area contributed by atoms with Crippen molar-refractivity contribution in [2.75, 3.05) is 0 Å². The predicted octanol–water partition coefficient (Wildman–Crippen LogP) is 2.84. The predicted molar refractivity (Wildman–Crippen MR) is 63.8 cm³/mol. The van der Waals surface area contributed by atoms with Gasteiger partial charge in [0.1, 0.15) is 0 Å². The van der Waals surface area contributed by atoms with E-state index in [0.29, 0.717) is 5.89 Å². The molecule has 4 heteroatoms. The van der Waals surface area contributed by atoms with E-state index in [9.17, 15) is 0 Å². The Labute approximate surface area is 98.5 Å². The van der Waals surface area contributed by atoms with Crippen molar-refractivity contribution in [2.45, 2.75) is 6.92 Å². The van der Waals surface area contributed by atoms with Crippen molar-refractivity contribution in [3.63, 3.8) is 0 Å². The molecule has 0 fully saturated rings. The summed E-state index contributed by atoms with van der Waals surface area (Å²) in [4.78, 5) is 4.08. The Morgan fingerprint density at radius 3 is 2.59 bits per heavy atom. The van der Waals surface area contributed by atoms with Crippen molar-refractivity contribution in [3.05, 3.63) is 54.8 Å². The third kappa shape index (κ3) is 1.85. The zero-order chi connectivity index (χ0) is 11.7. The molecule has 0 spiro atoms. The number of rotatable bonds is 2. The smallest absolute Gasteiger partial charge is 0.191 e. The van der Waals surface area contributed by atoms with Gasteiger partial charge in [-0.2, -0.15) is 5.10 Å². The Morgan fingerprint density at radius 2 is 2.00 bits per heavy atom. The first kappa shape index (κ1) is 9.84. The summed E-state index contributed by atoms with van der Waals surface area (Å²) in [6, 6.07) is 9.89. The third-order valence-electron chi connectivity index (χ3n) is 2.54. The summed E-state index contributed by atoms with van der Waals surface area (Å²) in [6.45, 7) is 1.83. The second-order valence-electron chi connectivity index (χ2n) is 3.74. The van der Waals surface area contributed by atoms with E-state index in [4.69, 9.17) is 4.42 Å². The second-order valence-corrected chi connectivity index (χ2v) is 3.74. The number of aryl methyl sites for hydroxylation is 1. The summed E-state index contributed by atoms with van der Waals surface area (Å²) in [7, 11) is 0. The Bertz CT molecular complexity index is 608. The molecule has 0 unspecified atom stereocenters. The van der Waals surface area contributed by atoms with Crippen LogP contribution < -0.4 is 0 Å². The number of aromatic nitrogens is 3. The fourth-order valence-electron chi connectivity index (χ4n) is 1.69. The molecule has 2 heterocycles. The Morgan fingerprint density at radius 1 is 1.18 bits per heavy atom. The lowest BCUT2D eigenvalue weighted by Gasteiger charge is -2.01. The molecular weight excluding hydrogens is 214 g/mol. The van der Waals surface area contributed by atoms with Gasteiger partial charge in [0.2, 0.25) is 0 Å². The minimum atomic E-state index is 0.677. The van der Waals surface area contributed by atoms with E-state index in [1.165, 1.54) is 0 Å². The van der Waals surface area contributed by atoms with Crippen LogP contribution in [0.25, 0.3) is 17.0 Å².